The first-order valence-electron chi connectivity index (χ1n) is 10.2. The number of carbonyl (C=O) groups is 2. The molecule has 0 aromatic heterocycles. The second kappa shape index (κ2) is 8.35. The van der Waals surface area contributed by atoms with Gasteiger partial charge < -0.3 is 10.2 Å². The van der Waals surface area contributed by atoms with Crippen molar-refractivity contribution in [2.45, 2.75) is 11.4 Å². The van der Waals surface area contributed by atoms with Gasteiger partial charge >= 0.3 is 6.03 Å². The van der Waals surface area contributed by atoms with Crippen LogP contribution < -0.4 is 10.2 Å². The standard InChI is InChI=1S/C24H18ClF2N3O2S/c25-16-6-9-18(10-7-16)28-23(32)30-11-12-33-24(30)19-3-1-2-4-21(19)29(22(24)31)14-15-5-8-17(26)13-20(15)27/h1-10,13H,11-12,14H2,(H,28,32)/t24-/m0/s1. The van der Waals surface area contributed by atoms with E-state index in [-0.39, 0.29) is 18.0 Å². The number of anilines is 2. The fourth-order valence-corrected chi connectivity index (χ4v) is 5.86. The quantitative estimate of drug-likeness (QED) is 0.525. The third-order valence-electron chi connectivity index (χ3n) is 5.79. The summed E-state index contributed by atoms with van der Waals surface area (Å²) in [6, 6.07) is 16.8. The van der Waals surface area contributed by atoms with E-state index in [1.54, 1.807) is 36.4 Å². The minimum Gasteiger partial charge on any atom is -0.308 e. The second-order valence-electron chi connectivity index (χ2n) is 7.73. The predicted octanol–water partition coefficient (Wildman–Crippen LogP) is 5.60. The zero-order valence-electron chi connectivity index (χ0n) is 17.2. The number of rotatable bonds is 3. The van der Waals surface area contributed by atoms with Gasteiger partial charge in [0.25, 0.3) is 5.91 Å². The van der Waals surface area contributed by atoms with Crippen LogP contribution >= 0.6 is 23.4 Å². The normalized spacial score (nSPS) is 19.3. The zero-order valence-corrected chi connectivity index (χ0v) is 18.8. The second-order valence-corrected chi connectivity index (χ2v) is 9.45. The third-order valence-corrected chi connectivity index (χ3v) is 7.46. The van der Waals surface area contributed by atoms with E-state index in [2.05, 4.69) is 5.32 Å². The van der Waals surface area contributed by atoms with Crippen LogP contribution in [0.25, 0.3) is 0 Å². The minimum absolute atomic E-state index is 0.0725. The molecule has 0 saturated carbocycles. The van der Waals surface area contributed by atoms with E-state index in [4.69, 9.17) is 11.6 Å². The van der Waals surface area contributed by atoms with Gasteiger partial charge in [-0.3, -0.25) is 9.69 Å². The number of nitrogens with one attached hydrogen (secondary N) is 1. The van der Waals surface area contributed by atoms with Crippen molar-refractivity contribution in [2.24, 2.45) is 0 Å². The summed E-state index contributed by atoms with van der Waals surface area (Å²) >= 11 is 7.30. The predicted molar refractivity (Wildman–Crippen MR) is 125 cm³/mol. The molecule has 2 aliphatic heterocycles. The van der Waals surface area contributed by atoms with Crippen molar-refractivity contribution in [1.29, 1.82) is 0 Å². The van der Waals surface area contributed by atoms with Gasteiger partial charge in [-0.25, -0.2) is 13.6 Å². The van der Waals surface area contributed by atoms with Gasteiger partial charge in [0, 0.05) is 40.2 Å². The first-order chi connectivity index (χ1) is 15.9. The van der Waals surface area contributed by atoms with E-state index in [0.717, 1.165) is 12.1 Å². The fraction of sp³-hybridized carbons (Fsp3) is 0.167. The molecule has 0 aliphatic carbocycles. The fourth-order valence-electron chi connectivity index (χ4n) is 4.27. The summed E-state index contributed by atoms with van der Waals surface area (Å²) in [6.07, 6.45) is 0. The number of urea groups is 1. The Morgan fingerprint density at radius 3 is 2.61 bits per heavy atom. The molecule has 3 aromatic carbocycles. The van der Waals surface area contributed by atoms with Crippen molar-refractivity contribution in [1.82, 2.24) is 4.90 Å². The molecule has 3 amide bonds. The summed E-state index contributed by atoms with van der Waals surface area (Å²) in [5.74, 6) is -1.18. The molecule has 1 fully saturated rings. The van der Waals surface area contributed by atoms with Crippen LogP contribution in [0.5, 0.6) is 0 Å². The van der Waals surface area contributed by atoms with Gasteiger partial charge in [-0.2, -0.15) is 0 Å². The van der Waals surface area contributed by atoms with Crippen molar-refractivity contribution >= 4 is 46.7 Å². The number of halogens is 3. The zero-order chi connectivity index (χ0) is 23.2. The van der Waals surface area contributed by atoms with E-state index in [1.165, 1.54) is 27.6 Å². The number of hydrogen-bond donors (Lipinski definition) is 1. The molecule has 1 spiro atoms. The molecule has 2 aliphatic rings. The molecule has 9 heteroatoms. The lowest BCUT2D eigenvalue weighted by Gasteiger charge is -2.33. The number of para-hydroxylation sites is 1. The first kappa shape index (κ1) is 21.7. The van der Waals surface area contributed by atoms with Crippen molar-refractivity contribution in [3.05, 3.63) is 94.5 Å². The Kier molecular flexibility index (Phi) is 5.50. The summed E-state index contributed by atoms with van der Waals surface area (Å²) in [5, 5.41) is 3.38. The molecule has 1 N–H and O–H groups in total. The monoisotopic (exact) mass is 485 g/mol. The van der Waals surface area contributed by atoms with Gasteiger partial charge in [-0.05, 0) is 36.4 Å². The van der Waals surface area contributed by atoms with Crippen LogP contribution in [0, 0.1) is 11.6 Å². The highest BCUT2D eigenvalue weighted by Crippen LogP contribution is 2.54. The SMILES string of the molecule is O=C(Nc1ccc(Cl)cc1)N1CCS[C@@]12C(=O)N(Cc1ccc(F)cc1F)c1ccccc12. The maximum Gasteiger partial charge on any atom is 0.323 e. The summed E-state index contributed by atoms with van der Waals surface area (Å²) in [7, 11) is 0. The van der Waals surface area contributed by atoms with Gasteiger partial charge in [0.1, 0.15) is 11.6 Å². The van der Waals surface area contributed by atoms with Gasteiger partial charge in [0.2, 0.25) is 0 Å². The average Bonchev–Trinajstić information content (AvgIpc) is 3.34. The van der Waals surface area contributed by atoms with Crippen molar-refractivity contribution < 1.29 is 18.4 Å². The molecule has 0 radical (unpaired) electrons. The molecule has 5 nitrogen and oxygen atoms in total. The summed E-state index contributed by atoms with van der Waals surface area (Å²) in [4.78, 5) is 28.8. The number of fused-ring (bicyclic) bond motifs is 2. The van der Waals surface area contributed by atoms with Crippen molar-refractivity contribution in [3.8, 4) is 0 Å². The molecule has 1 atom stereocenters. The molecule has 0 bridgehead atoms. The molecule has 3 aromatic rings. The summed E-state index contributed by atoms with van der Waals surface area (Å²) in [5.41, 5.74) is 2.02. The van der Waals surface area contributed by atoms with Crippen LogP contribution in [-0.2, 0) is 16.2 Å². The van der Waals surface area contributed by atoms with E-state index in [0.29, 0.717) is 34.3 Å². The molecule has 2 heterocycles. The molecular formula is C24H18ClF2N3O2S. The number of thioether (sulfide) groups is 1. The maximum atomic E-state index is 14.4. The summed E-state index contributed by atoms with van der Waals surface area (Å²) in [6.45, 7) is 0.291. The lowest BCUT2D eigenvalue weighted by molar-refractivity contribution is -0.123. The highest BCUT2D eigenvalue weighted by Gasteiger charge is 2.59. The Labute approximate surface area is 198 Å². The van der Waals surface area contributed by atoms with Crippen LogP contribution in [0.3, 0.4) is 0 Å². The van der Waals surface area contributed by atoms with Crippen LogP contribution in [0.2, 0.25) is 5.02 Å². The Bertz CT molecular complexity index is 1260. The number of nitrogens with zero attached hydrogens (tertiary/aromatic N) is 2. The van der Waals surface area contributed by atoms with Gasteiger partial charge in [0.05, 0.1) is 12.2 Å². The number of amides is 3. The van der Waals surface area contributed by atoms with Gasteiger partial charge in [0.15, 0.2) is 4.87 Å². The van der Waals surface area contributed by atoms with Gasteiger partial charge in [-0.1, -0.05) is 35.9 Å². The topological polar surface area (TPSA) is 52.7 Å². The molecular weight excluding hydrogens is 468 g/mol. The molecule has 0 unspecified atom stereocenters. The van der Waals surface area contributed by atoms with Crippen LogP contribution in [0.1, 0.15) is 11.1 Å². The lowest BCUT2D eigenvalue weighted by atomic mass is 10.1. The Morgan fingerprint density at radius 1 is 1.09 bits per heavy atom. The van der Waals surface area contributed by atoms with Crippen molar-refractivity contribution in [2.75, 3.05) is 22.5 Å². The van der Waals surface area contributed by atoms with Gasteiger partial charge in [-0.15, -0.1) is 11.8 Å². The molecule has 5 rings (SSSR count). The Morgan fingerprint density at radius 2 is 1.85 bits per heavy atom. The van der Waals surface area contributed by atoms with E-state index >= 15 is 0 Å². The van der Waals surface area contributed by atoms with Crippen LogP contribution in [0.4, 0.5) is 25.0 Å². The largest absolute Gasteiger partial charge is 0.323 e. The van der Waals surface area contributed by atoms with E-state index in [9.17, 15) is 18.4 Å². The van der Waals surface area contributed by atoms with Crippen LogP contribution in [-0.4, -0.2) is 29.1 Å². The Hall–Kier alpha value is -3.10. The van der Waals surface area contributed by atoms with E-state index in [1.807, 2.05) is 12.1 Å². The number of hydrogen-bond acceptors (Lipinski definition) is 3. The average molecular weight is 486 g/mol. The maximum absolute atomic E-state index is 14.4. The molecule has 168 valence electrons. The van der Waals surface area contributed by atoms with Crippen LogP contribution in [0.15, 0.2) is 66.7 Å². The highest BCUT2D eigenvalue weighted by molar-refractivity contribution is 8.01. The summed E-state index contributed by atoms with van der Waals surface area (Å²) < 4.78 is 27.8. The number of carbonyl (C=O) groups excluding carboxylic acids is 2. The lowest BCUT2D eigenvalue weighted by Crippen LogP contribution is -2.51. The molecule has 1 saturated heterocycles. The Balaban J connectivity index is 1.50. The first-order valence-corrected chi connectivity index (χ1v) is 11.6. The molecule has 33 heavy (non-hydrogen) atoms. The highest BCUT2D eigenvalue weighted by atomic mass is 35.5. The third kappa shape index (κ3) is 3.63. The van der Waals surface area contributed by atoms with Crippen molar-refractivity contribution in [3.63, 3.8) is 0 Å². The minimum atomic E-state index is -1.26. The van der Waals surface area contributed by atoms with E-state index < -0.39 is 22.5 Å². The smallest absolute Gasteiger partial charge is 0.308 e. The number of benzene rings is 3.